The second-order valence-corrected chi connectivity index (χ2v) is 10.2. The predicted octanol–water partition coefficient (Wildman–Crippen LogP) is 4.80. The van der Waals surface area contributed by atoms with Crippen molar-refractivity contribution in [2.75, 3.05) is 19.6 Å². The van der Waals surface area contributed by atoms with Gasteiger partial charge in [0.1, 0.15) is 0 Å². The van der Waals surface area contributed by atoms with Crippen molar-refractivity contribution in [3.05, 3.63) is 93.6 Å². The van der Waals surface area contributed by atoms with E-state index in [1.54, 1.807) is 11.3 Å². The normalized spacial score (nSPS) is 14.9. The van der Waals surface area contributed by atoms with E-state index in [-0.39, 0.29) is 5.91 Å². The third-order valence-corrected chi connectivity index (χ3v) is 8.16. The van der Waals surface area contributed by atoms with Gasteiger partial charge in [0.2, 0.25) is 0 Å². The van der Waals surface area contributed by atoms with Crippen LogP contribution in [0.2, 0.25) is 0 Å². The van der Waals surface area contributed by atoms with Crippen molar-refractivity contribution in [3.63, 3.8) is 0 Å². The van der Waals surface area contributed by atoms with Crippen LogP contribution in [0, 0.1) is 6.92 Å². The van der Waals surface area contributed by atoms with Crippen LogP contribution in [-0.4, -0.2) is 40.2 Å². The Balaban J connectivity index is 1.15. The molecule has 1 aliphatic carbocycles. The highest BCUT2D eigenvalue weighted by Gasteiger charge is 2.27. The van der Waals surface area contributed by atoms with Crippen LogP contribution >= 0.6 is 11.3 Å². The Morgan fingerprint density at radius 3 is 2.65 bits per heavy atom. The molecule has 2 aromatic carbocycles. The summed E-state index contributed by atoms with van der Waals surface area (Å²) >= 11 is 1.61. The number of amides is 1. The first-order chi connectivity index (χ1) is 16.7. The monoisotopic (exact) mass is 468 g/mol. The van der Waals surface area contributed by atoms with Gasteiger partial charge in [-0.2, -0.15) is 5.10 Å². The summed E-state index contributed by atoms with van der Waals surface area (Å²) in [4.78, 5) is 17.4. The van der Waals surface area contributed by atoms with Crippen molar-refractivity contribution in [1.29, 1.82) is 0 Å². The van der Waals surface area contributed by atoms with Crippen molar-refractivity contribution in [1.82, 2.24) is 20.0 Å². The Morgan fingerprint density at radius 1 is 1.00 bits per heavy atom. The quantitative estimate of drug-likeness (QED) is 0.458. The number of hydrogen-bond acceptors (Lipinski definition) is 4. The van der Waals surface area contributed by atoms with Gasteiger partial charge in [0.15, 0.2) is 0 Å². The van der Waals surface area contributed by atoms with Gasteiger partial charge in [0.25, 0.3) is 5.91 Å². The molecular weight excluding hydrogens is 440 g/mol. The minimum absolute atomic E-state index is 0.0338. The largest absolute Gasteiger partial charge is 0.350 e. The maximum Gasteiger partial charge on any atom is 0.261 e. The summed E-state index contributed by atoms with van der Waals surface area (Å²) in [6, 6.07) is 21.1. The maximum atomic E-state index is 13.0. The van der Waals surface area contributed by atoms with Crippen LogP contribution in [0.15, 0.2) is 60.7 Å². The SMILES string of the molecule is Cc1nn(-c2ccccc2)c2c1-c1sc(C(=O)NCCN3CCc4ccccc4C3)cc1CC2. The number of hydrogen-bond donors (Lipinski definition) is 1. The molecule has 0 spiro atoms. The highest BCUT2D eigenvalue weighted by atomic mass is 32.1. The van der Waals surface area contributed by atoms with Gasteiger partial charge in [-0.05, 0) is 61.1 Å². The maximum absolute atomic E-state index is 13.0. The lowest BCUT2D eigenvalue weighted by Gasteiger charge is -2.28. The Bertz CT molecular complexity index is 1350. The lowest BCUT2D eigenvalue weighted by Crippen LogP contribution is -2.37. The average molecular weight is 469 g/mol. The fraction of sp³-hybridized carbons (Fsp3) is 0.286. The summed E-state index contributed by atoms with van der Waals surface area (Å²) in [6.07, 6.45) is 2.96. The summed E-state index contributed by atoms with van der Waals surface area (Å²) in [5.41, 5.74) is 8.71. The molecule has 172 valence electrons. The second kappa shape index (κ2) is 8.85. The van der Waals surface area contributed by atoms with Crippen LogP contribution in [0.5, 0.6) is 0 Å². The van der Waals surface area contributed by atoms with Crippen LogP contribution < -0.4 is 5.32 Å². The number of fused-ring (bicyclic) bond motifs is 4. The van der Waals surface area contributed by atoms with Gasteiger partial charge in [-0.1, -0.05) is 42.5 Å². The summed E-state index contributed by atoms with van der Waals surface area (Å²) < 4.78 is 2.07. The van der Waals surface area contributed by atoms with Crippen molar-refractivity contribution in [2.24, 2.45) is 0 Å². The van der Waals surface area contributed by atoms with E-state index >= 15 is 0 Å². The number of carbonyl (C=O) groups excluding carboxylic acids is 1. The number of carbonyl (C=O) groups is 1. The molecule has 1 N–H and O–H groups in total. The lowest BCUT2D eigenvalue weighted by molar-refractivity contribution is 0.0951. The molecule has 3 heterocycles. The number of benzene rings is 2. The molecule has 4 aromatic rings. The van der Waals surface area contributed by atoms with E-state index in [0.29, 0.717) is 6.54 Å². The third kappa shape index (κ3) is 3.87. The van der Waals surface area contributed by atoms with E-state index in [1.165, 1.54) is 32.8 Å². The molecule has 34 heavy (non-hydrogen) atoms. The number of aryl methyl sites for hydroxylation is 2. The minimum atomic E-state index is 0.0338. The van der Waals surface area contributed by atoms with E-state index in [1.807, 2.05) is 18.2 Å². The zero-order valence-electron chi connectivity index (χ0n) is 19.4. The number of nitrogens with zero attached hydrogens (tertiary/aromatic N) is 3. The van der Waals surface area contributed by atoms with Crippen LogP contribution in [0.3, 0.4) is 0 Å². The van der Waals surface area contributed by atoms with E-state index < -0.39 is 0 Å². The summed E-state index contributed by atoms with van der Waals surface area (Å²) in [7, 11) is 0. The molecule has 0 saturated carbocycles. The number of aromatic nitrogens is 2. The van der Waals surface area contributed by atoms with Gasteiger partial charge in [0, 0.05) is 36.6 Å². The van der Waals surface area contributed by atoms with Crippen molar-refractivity contribution in [3.8, 4) is 16.1 Å². The first kappa shape index (κ1) is 21.3. The van der Waals surface area contributed by atoms with Crippen molar-refractivity contribution in [2.45, 2.75) is 32.7 Å². The predicted molar refractivity (Wildman–Crippen MR) is 137 cm³/mol. The molecule has 2 aliphatic rings. The summed E-state index contributed by atoms with van der Waals surface area (Å²) in [5.74, 6) is 0.0338. The van der Waals surface area contributed by atoms with Gasteiger partial charge < -0.3 is 5.32 Å². The lowest BCUT2D eigenvalue weighted by atomic mass is 9.95. The van der Waals surface area contributed by atoms with Crippen molar-refractivity contribution < 1.29 is 4.79 Å². The highest BCUT2D eigenvalue weighted by Crippen LogP contribution is 2.42. The number of para-hydroxylation sites is 1. The Hall–Kier alpha value is -3.22. The van der Waals surface area contributed by atoms with E-state index in [4.69, 9.17) is 5.10 Å². The van der Waals surface area contributed by atoms with Crippen LogP contribution in [0.1, 0.15) is 37.7 Å². The number of thiophene rings is 1. The first-order valence-corrected chi connectivity index (χ1v) is 12.8. The number of nitrogens with one attached hydrogen (secondary N) is 1. The second-order valence-electron chi connectivity index (χ2n) is 9.17. The molecular formula is C28H28N4OS. The molecule has 0 saturated heterocycles. The van der Waals surface area contributed by atoms with Crippen LogP contribution in [-0.2, 0) is 25.8 Å². The fourth-order valence-corrected chi connectivity index (χ4v) is 6.48. The number of rotatable bonds is 5. The Kier molecular flexibility index (Phi) is 5.55. The molecule has 6 heteroatoms. The average Bonchev–Trinajstić information content (AvgIpc) is 3.45. The highest BCUT2D eigenvalue weighted by molar-refractivity contribution is 7.17. The topological polar surface area (TPSA) is 50.2 Å². The molecule has 0 fully saturated rings. The van der Waals surface area contributed by atoms with Gasteiger partial charge in [-0.15, -0.1) is 11.3 Å². The molecule has 0 unspecified atom stereocenters. The van der Waals surface area contributed by atoms with E-state index in [2.05, 4.69) is 64.3 Å². The van der Waals surface area contributed by atoms with Crippen LogP contribution in [0.25, 0.3) is 16.1 Å². The zero-order valence-corrected chi connectivity index (χ0v) is 20.2. The van der Waals surface area contributed by atoms with Crippen molar-refractivity contribution >= 4 is 17.2 Å². The van der Waals surface area contributed by atoms with Gasteiger partial charge in [0.05, 0.1) is 22.0 Å². The Morgan fingerprint density at radius 2 is 1.79 bits per heavy atom. The van der Waals surface area contributed by atoms with E-state index in [9.17, 15) is 4.79 Å². The summed E-state index contributed by atoms with van der Waals surface area (Å²) in [5, 5.41) is 8.01. The molecule has 1 aliphatic heterocycles. The standard InChI is InChI=1S/C28H28N4OS/c1-19-26-24(32(30-19)23-9-3-2-4-10-23)12-11-21-17-25(34-27(21)26)28(33)29-14-16-31-15-13-20-7-5-6-8-22(20)18-31/h2-10,17H,11-16,18H2,1H3,(H,29,33). The molecule has 1 amide bonds. The molecule has 0 atom stereocenters. The molecule has 2 aromatic heterocycles. The molecule has 5 nitrogen and oxygen atoms in total. The smallest absolute Gasteiger partial charge is 0.261 e. The van der Waals surface area contributed by atoms with E-state index in [0.717, 1.165) is 55.2 Å². The summed E-state index contributed by atoms with van der Waals surface area (Å²) in [6.45, 7) is 5.63. The fourth-order valence-electron chi connectivity index (χ4n) is 5.23. The zero-order chi connectivity index (χ0) is 23.1. The molecule has 6 rings (SSSR count). The molecule has 0 radical (unpaired) electrons. The van der Waals surface area contributed by atoms with Crippen LogP contribution in [0.4, 0.5) is 0 Å². The first-order valence-electron chi connectivity index (χ1n) is 12.0. The Labute approximate surface area is 204 Å². The molecule has 0 bridgehead atoms. The van der Waals surface area contributed by atoms with Gasteiger partial charge in [-0.25, -0.2) is 4.68 Å². The van der Waals surface area contributed by atoms with Gasteiger partial charge in [-0.3, -0.25) is 9.69 Å². The van der Waals surface area contributed by atoms with Gasteiger partial charge >= 0.3 is 0 Å². The minimum Gasteiger partial charge on any atom is -0.350 e. The third-order valence-electron chi connectivity index (χ3n) is 6.97.